The molecular weight excluding hydrogens is 359 g/mol. The first kappa shape index (κ1) is 17.3. The van der Waals surface area contributed by atoms with E-state index < -0.39 is 11.8 Å². The number of halogens is 2. The minimum Gasteiger partial charge on any atom is -0.482 e. The Morgan fingerprint density at radius 3 is 2.74 bits per heavy atom. The number of ether oxygens (including phenoxy) is 1. The topological polar surface area (TPSA) is 67.4 Å². The molecule has 2 rings (SSSR count). The van der Waals surface area contributed by atoms with Crippen LogP contribution in [0.3, 0.4) is 0 Å². The summed E-state index contributed by atoms with van der Waals surface area (Å²) in [6, 6.07) is 8.41. The normalized spacial score (nSPS) is 10.5. The van der Waals surface area contributed by atoms with Crippen molar-refractivity contribution in [2.24, 2.45) is 0 Å². The van der Waals surface area contributed by atoms with Crippen LogP contribution in [0.5, 0.6) is 5.75 Å². The lowest BCUT2D eigenvalue weighted by atomic mass is 10.3. The summed E-state index contributed by atoms with van der Waals surface area (Å²) >= 11 is 13.2. The van der Waals surface area contributed by atoms with E-state index in [2.05, 4.69) is 10.9 Å². The van der Waals surface area contributed by atoms with Crippen LogP contribution in [0.15, 0.2) is 41.8 Å². The maximum atomic E-state index is 11.6. The number of nitrogens with one attached hydrogen (secondary N) is 2. The van der Waals surface area contributed by atoms with Gasteiger partial charge in [0.2, 0.25) is 0 Å². The van der Waals surface area contributed by atoms with Crippen LogP contribution in [0.25, 0.3) is 6.08 Å². The molecule has 0 aliphatic heterocycles. The number of carbonyl (C=O) groups excluding carboxylic acids is 2. The predicted molar refractivity (Wildman–Crippen MR) is 91.6 cm³/mol. The molecule has 2 N–H and O–H groups in total. The van der Waals surface area contributed by atoms with E-state index in [-0.39, 0.29) is 6.61 Å². The van der Waals surface area contributed by atoms with E-state index in [0.29, 0.717) is 15.8 Å². The summed E-state index contributed by atoms with van der Waals surface area (Å²) in [5, 5.41) is 2.67. The second-order valence-corrected chi connectivity index (χ2v) is 6.07. The van der Waals surface area contributed by atoms with Gasteiger partial charge in [0.25, 0.3) is 11.8 Å². The van der Waals surface area contributed by atoms with Crippen LogP contribution >= 0.6 is 34.5 Å². The predicted octanol–water partition coefficient (Wildman–Crippen LogP) is 3.29. The fraction of sp³-hybridized carbons (Fsp3) is 0.0667. The summed E-state index contributed by atoms with van der Waals surface area (Å²) in [5.41, 5.74) is 4.48. The van der Waals surface area contributed by atoms with E-state index in [1.165, 1.54) is 23.5 Å². The third-order valence-corrected chi connectivity index (χ3v) is 3.89. The molecule has 0 radical (unpaired) electrons. The van der Waals surface area contributed by atoms with Gasteiger partial charge in [-0.25, -0.2) is 0 Å². The van der Waals surface area contributed by atoms with Gasteiger partial charge in [-0.15, -0.1) is 11.3 Å². The van der Waals surface area contributed by atoms with Crippen LogP contribution in [0.4, 0.5) is 0 Å². The van der Waals surface area contributed by atoms with Gasteiger partial charge in [0.15, 0.2) is 6.61 Å². The fourth-order valence-electron chi connectivity index (χ4n) is 1.49. The van der Waals surface area contributed by atoms with Crippen molar-refractivity contribution in [2.75, 3.05) is 6.61 Å². The van der Waals surface area contributed by atoms with Gasteiger partial charge in [0, 0.05) is 16.0 Å². The average molecular weight is 371 g/mol. The highest BCUT2D eigenvalue weighted by molar-refractivity contribution is 7.10. The highest BCUT2D eigenvalue weighted by Crippen LogP contribution is 2.27. The monoisotopic (exact) mass is 370 g/mol. The van der Waals surface area contributed by atoms with E-state index in [4.69, 9.17) is 27.9 Å². The fourth-order valence-corrected chi connectivity index (χ4v) is 2.57. The second-order valence-electron chi connectivity index (χ2n) is 4.25. The highest BCUT2D eigenvalue weighted by Gasteiger charge is 2.07. The van der Waals surface area contributed by atoms with E-state index in [1.54, 1.807) is 18.2 Å². The Bertz CT molecular complexity index is 718. The summed E-state index contributed by atoms with van der Waals surface area (Å²) in [6.07, 6.45) is 2.97. The first-order chi connectivity index (χ1) is 11.0. The van der Waals surface area contributed by atoms with Crippen molar-refractivity contribution in [2.45, 2.75) is 0 Å². The molecule has 0 unspecified atom stereocenters. The van der Waals surface area contributed by atoms with Crippen LogP contribution in [0.2, 0.25) is 10.0 Å². The zero-order chi connectivity index (χ0) is 16.7. The summed E-state index contributed by atoms with van der Waals surface area (Å²) in [6.45, 7) is -0.295. The first-order valence-electron chi connectivity index (χ1n) is 6.43. The number of amides is 2. The minimum atomic E-state index is -0.520. The number of hydrogen-bond donors (Lipinski definition) is 2. The molecule has 1 aromatic heterocycles. The first-order valence-corrected chi connectivity index (χ1v) is 8.06. The summed E-state index contributed by atoms with van der Waals surface area (Å²) < 4.78 is 5.23. The molecule has 0 bridgehead atoms. The van der Waals surface area contributed by atoms with Gasteiger partial charge in [-0.1, -0.05) is 29.3 Å². The molecule has 1 heterocycles. The largest absolute Gasteiger partial charge is 0.482 e. The highest BCUT2D eigenvalue weighted by atomic mass is 35.5. The van der Waals surface area contributed by atoms with Crippen LogP contribution in [0, 0.1) is 0 Å². The molecule has 0 spiro atoms. The van der Waals surface area contributed by atoms with Gasteiger partial charge in [0.1, 0.15) is 5.75 Å². The number of rotatable bonds is 5. The molecule has 1 aromatic carbocycles. The lowest BCUT2D eigenvalue weighted by Crippen LogP contribution is -2.43. The van der Waals surface area contributed by atoms with Gasteiger partial charge in [-0.2, -0.15) is 0 Å². The average Bonchev–Trinajstić information content (AvgIpc) is 3.03. The third-order valence-electron chi connectivity index (χ3n) is 2.52. The van der Waals surface area contributed by atoms with Gasteiger partial charge in [-0.05, 0) is 35.7 Å². The Balaban J connectivity index is 1.73. The van der Waals surface area contributed by atoms with Crippen molar-refractivity contribution in [3.05, 3.63) is 56.7 Å². The van der Waals surface area contributed by atoms with Crippen molar-refractivity contribution >= 4 is 52.4 Å². The van der Waals surface area contributed by atoms with Gasteiger partial charge in [0.05, 0.1) is 5.02 Å². The van der Waals surface area contributed by atoms with E-state index >= 15 is 0 Å². The molecule has 0 saturated heterocycles. The Hall–Kier alpha value is -2.02. The summed E-state index contributed by atoms with van der Waals surface area (Å²) in [4.78, 5) is 24.1. The SMILES string of the molecule is O=C(C=Cc1cccs1)NNC(=O)COc1ccc(Cl)cc1Cl. The molecule has 0 atom stereocenters. The van der Waals surface area contributed by atoms with Crippen LogP contribution < -0.4 is 15.6 Å². The van der Waals surface area contributed by atoms with E-state index in [9.17, 15) is 9.59 Å². The molecule has 0 saturated carbocycles. The quantitative estimate of drug-likeness (QED) is 0.626. The maximum absolute atomic E-state index is 11.6. The molecule has 0 aliphatic rings. The van der Waals surface area contributed by atoms with E-state index in [0.717, 1.165) is 4.88 Å². The standard InChI is InChI=1S/C15H12Cl2N2O3S/c16-10-3-5-13(12(17)8-10)22-9-15(21)19-18-14(20)6-4-11-2-1-7-23-11/h1-8H,9H2,(H,18,20)(H,19,21). The molecule has 0 fully saturated rings. The maximum Gasteiger partial charge on any atom is 0.276 e. The zero-order valence-electron chi connectivity index (χ0n) is 11.7. The van der Waals surface area contributed by atoms with Gasteiger partial charge in [-0.3, -0.25) is 20.4 Å². The second kappa shape index (κ2) is 8.57. The van der Waals surface area contributed by atoms with Crippen LogP contribution in [-0.2, 0) is 9.59 Å². The Labute approximate surface area is 146 Å². The number of hydrogen-bond acceptors (Lipinski definition) is 4. The molecular formula is C15H12Cl2N2O3S. The number of benzene rings is 1. The molecule has 8 heteroatoms. The lowest BCUT2D eigenvalue weighted by molar-refractivity contribution is -0.128. The molecule has 120 valence electrons. The van der Waals surface area contributed by atoms with Crippen molar-refractivity contribution in [3.63, 3.8) is 0 Å². The van der Waals surface area contributed by atoms with Gasteiger partial charge >= 0.3 is 0 Å². The van der Waals surface area contributed by atoms with E-state index in [1.807, 2.05) is 17.5 Å². The Kier molecular flexibility index (Phi) is 6.46. The molecule has 5 nitrogen and oxygen atoms in total. The molecule has 0 aliphatic carbocycles. The lowest BCUT2D eigenvalue weighted by Gasteiger charge is -2.09. The van der Waals surface area contributed by atoms with Gasteiger partial charge < -0.3 is 4.74 Å². The number of carbonyl (C=O) groups is 2. The van der Waals surface area contributed by atoms with Crippen molar-refractivity contribution in [3.8, 4) is 5.75 Å². The third kappa shape index (κ3) is 5.94. The number of thiophene rings is 1. The smallest absolute Gasteiger partial charge is 0.276 e. The van der Waals surface area contributed by atoms with Crippen LogP contribution in [-0.4, -0.2) is 18.4 Å². The minimum absolute atomic E-state index is 0.295. The van der Waals surface area contributed by atoms with Crippen LogP contribution in [0.1, 0.15) is 4.88 Å². The zero-order valence-corrected chi connectivity index (χ0v) is 14.0. The number of hydrazine groups is 1. The summed E-state index contributed by atoms with van der Waals surface area (Å²) in [5.74, 6) is -0.639. The molecule has 23 heavy (non-hydrogen) atoms. The van der Waals surface area contributed by atoms with Crippen molar-refractivity contribution in [1.29, 1.82) is 0 Å². The Morgan fingerprint density at radius 2 is 2.04 bits per heavy atom. The van der Waals surface area contributed by atoms with Crippen molar-refractivity contribution < 1.29 is 14.3 Å². The molecule has 2 amide bonds. The summed E-state index contributed by atoms with van der Waals surface area (Å²) in [7, 11) is 0. The molecule has 2 aromatic rings. The van der Waals surface area contributed by atoms with Crippen molar-refractivity contribution in [1.82, 2.24) is 10.9 Å². The Morgan fingerprint density at radius 1 is 1.22 bits per heavy atom.